The number of benzene rings is 3. The van der Waals surface area contributed by atoms with Crippen LogP contribution in [0.15, 0.2) is 91.1 Å². The number of nitrogens with zero attached hydrogens (tertiary/aromatic N) is 2. The molecule has 0 aliphatic carbocycles. The molecule has 0 saturated heterocycles. The summed E-state index contributed by atoms with van der Waals surface area (Å²) >= 11 is 0. The number of ketones is 1. The van der Waals surface area contributed by atoms with Crippen LogP contribution in [0.1, 0.15) is 15.9 Å². The highest BCUT2D eigenvalue weighted by Gasteiger charge is 2.12. The number of carbonyl (C=O) groups excluding carboxylic acids is 1. The molecule has 0 fully saturated rings. The fourth-order valence-corrected chi connectivity index (χ4v) is 3.41. The molecule has 0 atom stereocenters. The Morgan fingerprint density at radius 2 is 1.50 bits per heavy atom. The van der Waals surface area contributed by atoms with Crippen LogP contribution in [0.3, 0.4) is 0 Å². The molecular formula is C25H16FN3O. The first kappa shape index (κ1) is 17.9. The quantitative estimate of drug-likeness (QED) is 0.401. The molecule has 0 unspecified atom stereocenters. The van der Waals surface area contributed by atoms with E-state index in [0.717, 1.165) is 5.56 Å². The van der Waals surface area contributed by atoms with E-state index in [1.54, 1.807) is 48.7 Å². The van der Waals surface area contributed by atoms with Gasteiger partial charge in [-0.1, -0.05) is 72.8 Å². The SMILES string of the molecule is O=C(c1ccccc1)c1ccc(-c2nc3cc(-c4ccccc4F)cnc3[nH]2)cc1. The molecule has 3 aromatic carbocycles. The van der Waals surface area contributed by atoms with Crippen molar-refractivity contribution in [2.45, 2.75) is 0 Å². The summed E-state index contributed by atoms with van der Waals surface area (Å²) in [5.74, 6) is 0.318. The summed E-state index contributed by atoms with van der Waals surface area (Å²) in [7, 11) is 0. The monoisotopic (exact) mass is 393 g/mol. The number of aromatic amines is 1. The average molecular weight is 393 g/mol. The summed E-state index contributed by atoms with van der Waals surface area (Å²) < 4.78 is 14.1. The predicted octanol–water partition coefficient (Wildman–Crippen LogP) is 5.66. The number of halogens is 1. The first-order valence-corrected chi connectivity index (χ1v) is 9.50. The fourth-order valence-electron chi connectivity index (χ4n) is 3.41. The molecule has 1 N–H and O–H groups in total. The van der Waals surface area contributed by atoms with Gasteiger partial charge in [0.2, 0.25) is 0 Å². The van der Waals surface area contributed by atoms with Gasteiger partial charge in [-0.05, 0) is 12.1 Å². The second kappa shape index (κ2) is 7.37. The lowest BCUT2D eigenvalue weighted by molar-refractivity contribution is 0.103. The molecule has 5 heteroatoms. The Hall–Kier alpha value is -4.12. The fraction of sp³-hybridized carbons (Fsp3) is 0. The summed E-state index contributed by atoms with van der Waals surface area (Å²) in [4.78, 5) is 24.8. The van der Waals surface area contributed by atoms with E-state index in [2.05, 4.69) is 15.0 Å². The van der Waals surface area contributed by atoms with Crippen molar-refractivity contribution in [2.24, 2.45) is 0 Å². The summed E-state index contributed by atoms with van der Waals surface area (Å²) in [6, 6.07) is 24.9. The number of pyridine rings is 1. The third kappa shape index (κ3) is 3.26. The van der Waals surface area contributed by atoms with E-state index in [-0.39, 0.29) is 11.6 Å². The number of carbonyl (C=O) groups is 1. The van der Waals surface area contributed by atoms with Gasteiger partial charge in [0.05, 0.1) is 0 Å². The molecule has 0 aliphatic rings. The Bertz CT molecular complexity index is 1360. The third-order valence-electron chi connectivity index (χ3n) is 4.98. The number of hydrogen-bond acceptors (Lipinski definition) is 3. The van der Waals surface area contributed by atoms with Crippen molar-refractivity contribution < 1.29 is 9.18 Å². The van der Waals surface area contributed by atoms with Crippen molar-refractivity contribution in [1.29, 1.82) is 0 Å². The molecule has 5 rings (SSSR count). The highest BCUT2D eigenvalue weighted by molar-refractivity contribution is 6.09. The van der Waals surface area contributed by atoms with Crippen molar-refractivity contribution in [3.63, 3.8) is 0 Å². The molecule has 30 heavy (non-hydrogen) atoms. The second-order valence-electron chi connectivity index (χ2n) is 6.93. The van der Waals surface area contributed by atoms with Gasteiger partial charge in [0.1, 0.15) is 17.2 Å². The van der Waals surface area contributed by atoms with Crippen LogP contribution >= 0.6 is 0 Å². The molecule has 5 aromatic rings. The van der Waals surface area contributed by atoms with E-state index in [0.29, 0.717) is 39.2 Å². The molecule has 4 nitrogen and oxygen atoms in total. The van der Waals surface area contributed by atoms with Crippen molar-refractivity contribution in [3.05, 3.63) is 108 Å². The molecule has 2 aromatic heterocycles. The maximum Gasteiger partial charge on any atom is 0.193 e. The van der Waals surface area contributed by atoms with Gasteiger partial charge in [0.15, 0.2) is 11.4 Å². The summed E-state index contributed by atoms with van der Waals surface area (Å²) in [5.41, 5.74) is 4.53. The molecule has 0 saturated carbocycles. The number of fused-ring (bicyclic) bond motifs is 1. The summed E-state index contributed by atoms with van der Waals surface area (Å²) in [6.07, 6.45) is 1.63. The van der Waals surface area contributed by atoms with Crippen LogP contribution in [0, 0.1) is 5.82 Å². The van der Waals surface area contributed by atoms with Crippen molar-refractivity contribution >= 4 is 16.9 Å². The van der Waals surface area contributed by atoms with Crippen molar-refractivity contribution in [1.82, 2.24) is 15.0 Å². The van der Waals surface area contributed by atoms with E-state index < -0.39 is 0 Å². The van der Waals surface area contributed by atoms with Crippen LogP contribution in [-0.2, 0) is 0 Å². The number of rotatable bonds is 4. The normalized spacial score (nSPS) is 11.0. The summed E-state index contributed by atoms with van der Waals surface area (Å²) in [6.45, 7) is 0. The van der Waals surface area contributed by atoms with Crippen molar-refractivity contribution in [3.8, 4) is 22.5 Å². The third-order valence-corrected chi connectivity index (χ3v) is 4.98. The molecule has 144 valence electrons. The topological polar surface area (TPSA) is 58.6 Å². The van der Waals surface area contributed by atoms with E-state index in [9.17, 15) is 9.18 Å². The zero-order chi connectivity index (χ0) is 20.5. The molecular weight excluding hydrogens is 377 g/mol. The molecule has 0 amide bonds. The van der Waals surface area contributed by atoms with Crippen LogP contribution in [0.2, 0.25) is 0 Å². The lowest BCUT2D eigenvalue weighted by atomic mass is 10.0. The Balaban J connectivity index is 1.46. The Labute approximate surface area is 172 Å². The number of nitrogens with one attached hydrogen (secondary N) is 1. The molecule has 0 spiro atoms. The predicted molar refractivity (Wildman–Crippen MR) is 115 cm³/mol. The molecule has 2 heterocycles. The Kier molecular flexibility index (Phi) is 4.41. The van der Waals surface area contributed by atoms with Gasteiger partial charge in [0.25, 0.3) is 0 Å². The van der Waals surface area contributed by atoms with Gasteiger partial charge in [-0.2, -0.15) is 0 Å². The molecule has 0 bridgehead atoms. The minimum Gasteiger partial charge on any atom is -0.323 e. The minimum atomic E-state index is -0.298. The van der Waals surface area contributed by atoms with Crippen LogP contribution < -0.4 is 0 Å². The van der Waals surface area contributed by atoms with Crippen LogP contribution in [0.5, 0.6) is 0 Å². The Morgan fingerprint density at radius 3 is 2.27 bits per heavy atom. The first-order valence-electron chi connectivity index (χ1n) is 9.50. The number of imidazole rings is 1. The maximum absolute atomic E-state index is 14.1. The van der Waals surface area contributed by atoms with E-state index in [1.807, 2.05) is 36.4 Å². The highest BCUT2D eigenvalue weighted by atomic mass is 19.1. The molecule has 0 radical (unpaired) electrons. The number of aromatic nitrogens is 3. The van der Waals surface area contributed by atoms with E-state index in [1.165, 1.54) is 6.07 Å². The van der Waals surface area contributed by atoms with Crippen LogP contribution in [-0.4, -0.2) is 20.7 Å². The minimum absolute atomic E-state index is 0.0250. The van der Waals surface area contributed by atoms with Gasteiger partial charge in [-0.3, -0.25) is 4.79 Å². The second-order valence-corrected chi connectivity index (χ2v) is 6.93. The standard InChI is InChI=1S/C25H16FN3O/c26-21-9-5-4-8-20(21)19-14-22-25(27-15-19)29-24(28-22)18-12-10-17(11-13-18)23(30)16-6-2-1-3-7-16/h1-15H,(H,27,28,29). The highest BCUT2D eigenvalue weighted by Crippen LogP contribution is 2.26. The van der Waals surface area contributed by atoms with Gasteiger partial charge in [-0.25, -0.2) is 14.4 Å². The Morgan fingerprint density at radius 1 is 0.800 bits per heavy atom. The number of H-pyrrole nitrogens is 1. The summed E-state index contributed by atoms with van der Waals surface area (Å²) in [5, 5.41) is 0. The smallest absolute Gasteiger partial charge is 0.193 e. The van der Waals surface area contributed by atoms with Crippen LogP contribution in [0.4, 0.5) is 4.39 Å². The molecule has 0 aliphatic heterocycles. The van der Waals surface area contributed by atoms with Gasteiger partial charge in [0, 0.05) is 34.0 Å². The van der Waals surface area contributed by atoms with Crippen molar-refractivity contribution in [2.75, 3.05) is 0 Å². The maximum atomic E-state index is 14.1. The lowest BCUT2D eigenvalue weighted by Gasteiger charge is -2.02. The van der Waals surface area contributed by atoms with Gasteiger partial charge < -0.3 is 4.98 Å². The average Bonchev–Trinajstić information content (AvgIpc) is 3.23. The first-order chi connectivity index (χ1) is 14.7. The van der Waals surface area contributed by atoms with Gasteiger partial charge in [-0.15, -0.1) is 0 Å². The van der Waals surface area contributed by atoms with Gasteiger partial charge >= 0.3 is 0 Å². The lowest BCUT2D eigenvalue weighted by Crippen LogP contribution is -2.00. The number of hydrogen-bond donors (Lipinski definition) is 1. The van der Waals surface area contributed by atoms with E-state index in [4.69, 9.17) is 0 Å². The zero-order valence-corrected chi connectivity index (χ0v) is 15.8. The van der Waals surface area contributed by atoms with Crippen LogP contribution in [0.25, 0.3) is 33.7 Å². The largest absolute Gasteiger partial charge is 0.323 e. The van der Waals surface area contributed by atoms with E-state index >= 15 is 0 Å². The zero-order valence-electron chi connectivity index (χ0n) is 15.8.